The maximum Gasteiger partial charge on any atom is 0.284 e. The van der Waals surface area contributed by atoms with E-state index in [0.29, 0.717) is 6.02 Å². The van der Waals surface area contributed by atoms with Crippen LogP contribution in [0.3, 0.4) is 0 Å². The number of hydrogen-bond acceptors (Lipinski definition) is 2. The monoisotopic (exact) mass is 114 g/mol. The summed E-state index contributed by atoms with van der Waals surface area (Å²) in [6.07, 6.45) is 1.08. The minimum atomic E-state index is 0.677. The smallest absolute Gasteiger partial charge is 0.284 e. The number of aliphatic imine (C=N–C) groups is 1. The molecule has 3 heteroatoms. The average molecular weight is 114 g/mol. The molecule has 0 aromatic carbocycles. The number of nitrogens with one attached hydrogen (secondary N) is 1. The lowest BCUT2D eigenvalue weighted by Gasteiger charge is -2.15. The number of hydrogen-bond donors (Lipinski definition) is 1. The second-order valence-corrected chi connectivity index (χ2v) is 1.66. The number of ether oxygens (including phenoxy) is 1. The highest BCUT2D eigenvalue weighted by molar-refractivity contribution is 5.73. The van der Waals surface area contributed by atoms with Crippen LogP contribution in [0.25, 0.3) is 0 Å². The third-order valence-corrected chi connectivity index (χ3v) is 1.04. The van der Waals surface area contributed by atoms with Gasteiger partial charge in [0.2, 0.25) is 0 Å². The normalized spacial score (nSPS) is 24.4. The molecule has 0 amide bonds. The first-order chi connectivity index (χ1) is 3.93. The molecular weight excluding hydrogens is 104 g/mol. The number of nitrogens with zero attached hydrogens (tertiary/aromatic N) is 1. The van der Waals surface area contributed by atoms with Crippen LogP contribution in [0.2, 0.25) is 0 Å². The molecule has 0 atom stereocenters. The van der Waals surface area contributed by atoms with E-state index in [0.717, 1.165) is 19.6 Å². The summed E-state index contributed by atoms with van der Waals surface area (Å²) in [5.74, 6) is 0. The van der Waals surface area contributed by atoms with Crippen LogP contribution in [0.1, 0.15) is 6.42 Å². The van der Waals surface area contributed by atoms with Gasteiger partial charge in [-0.3, -0.25) is 0 Å². The van der Waals surface area contributed by atoms with Crippen molar-refractivity contribution < 1.29 is 4.74 Å². The van der Waals surface area contributed by atoms with E-state index < -0.39 is 0 Å². The van der Waals surface area contributed by atoms with Crippen LogP contribution in [-0.2, 0) is 4.74 Å². The summed E-state index contributed by atoms with van der Waals surface area (Å²) in [5.41, 5.74) is 0. The van der Waals surface area contributed by atoms with Gasteiger partial charge in [-0.1, -0.05) is 0 Å². The third-order valence-electron chi connectivity index (χ3n) is 1.04. The highest BCUT2D eigenvalue weighted by Crippen LogP contribution is 1.89. The molecule has 0 unspecified atom stereocenters. The van der Waals surface area contributed by atoms with Crippen LogP contribution in [0.15, 0.2) is 4.99 Å². The molecule has 8 heavy (non-hydrogen) atoms. The summed E-state index contributed by atoms with van der Waals surface area (Å²) in [6.45, 7) is 1.80. The van der Waals surface area contributed by atoms with Crippen molar-refractivity contribution in [3.05, 3.63) is 0 Å². The molecule has 3 nitrogen and oxygen atoms in total. The molecular formula is C5H10N2O. The van der Waals surface area contributed by atoms with E-state index in [1.807, 2.05) is 0 Å². The van der Waals surface area contributed by atoms with Crippen LogP contribution < -0.4 is 5.32 Å². The van der Waals surface area contributed by atoms with Gasteiger partial charge in [-0.15, -0.1) is 0 Å². The zero-order valence-electron chi connectivity index (χ0n) is 4.98. The molecule has 0 bridgehead atoms. The van der Waals surface area contributed by atoms with Crippen molar-refractivity contribution in [3.63, 3.8) is 0 Å². The van der Waals surface area contributed by atoms with Crippen molar-refractivity contribution in [3.8, 4) is 0 Å². The van der Waals surface area contributed by atoms with Gasteiger partial charge < -0.3 is 10.1 Å². The molecule has 0 radical (unpaired) electrons. The Bertz CT molecular complexity index is 92.6. The fourth-order valence-electron chi connectivity index (χ4n) is 0.631. The van der Waals surface area contributed by atoms with Gasteiger partial charge in [0.15, 0.2) is 0 Å². The van der Waals surface area contributed by atoms with E-state index in [4.69, 9.17) is 4.74 Å². The first-order valence-electron chi connectivity index (χ1n) is 2.77. The molecule has 1 aliphatic rings. The zero-order chi connectivity index (χ0) is 5.82. The van der Waals surface area contributed by atoms with Gasteiger partial charge in [0.1, 0.15) is 0 Å². The van der Waals surface area contributed by atoms with E-state index in [-0.39, 0.29) is 0 Å². The standard InChI is InChI=1S/C5H10N2O/c1-6-5-7-3-2-4-8-5/h2-4H2,1H3,(H,6,7). The van der Waals surface area contributed by atoms with Crippen molar-refractivity contribution in [2.45, 2.75) is 6.42 Å². The Kier molecular flexibility index (Phi) is 1.72. The van der Waals surface area contributed by atoms with Gasteiger partial charge in [0.25, 0.3) is 6.02 Å². The molecule has 0 aromatic rings. The maximum absolute atomic E-state index is 5.07. The zero-order valence-corrected chi connectivity index (χ0v) is 4.98. The molecule has 1 heterocycles. The lowest BCUT2D eigenvalue weighted by atomic mass is 10.4. The third kappa shape index (κ3) is 1.12. The van der Waals surface area contributed by atoms with Gasteiger partial charge in [0, 0.05) is 13.6 Å². The summed E-state index contributed by atoms with van der Waals surface area (Å²) in [6, 6.07) is 0.677. The minimum absolute atomic E-state index is 0.677. The van der Waals surface area contributed by atoms with Crippen LogP contribution in [0.5, 0.6) is 0 Å². The van der Waals surface area contributed by atoms with E-state index >= 15 is 0 Å². The Balaban J connectivity index is 2.33. The summed E-state index contributed by atoms with van der Waals surface area (Å²) < 4.78 is 5.07. The molecule has 1 saturated heterocycles. The molecule has 0 spiro atoms. The molecule has 0 aliphatic carbocycles. The van der Waals surface area contributed by atoms with Crippen LogP contribution >= 0.6 is 0 Å². The Morgan fingerprint density at radius 3 is 3.00 bits per heavy atom. The van der Waals surface area contributed by atoms with Gasteiger partial charge in [-0.25, -0.2) is 4.99 Å². The van der Waals surface area contributed by atoms with Crippen LogP contribution in [0.4, 0.5) is 0 Å². The first-order valence-corrected chi connectivity index (χ1v) is 2.77. The van der Waals surface area contributed by atoms with Crippen molar-refractivity contribution in [1.29, 1.82) is 0 Å². The molecule has 1 rings (SSSR count). The molecule has 0 aromatic heterocycles. The van der Waals surface area contributed by atoms with Crippen LogP contribution in [-0.4, -0.2) is 26.2 Å². The molecule has 1 aliphatic heterocycles. The highest BCUT2D eigenvalue weighted by Gasteiger charge is 2.02. The highest BCUT2D eigenvalue weighted by atomic mass is 16.5. The van der Waals surface area contributed by atoms with Crippen molar-refractivity contribution >= 4 is 6.02 Å². The van der Waals surface area contributed by atoms with Gasteiger partial charge in [-0.2, -0.15) is 0 Å². The average Bonchev–Trinajstić information content (AvgIpc) is 1.90. The van der Waals surface area contributed by atoms with Gasteiger partial charge in [-0.05, 0) is 6.42 Å². The molecule has 1 N–H and O–H groups in total. The Labute approximate surface area is 48.8 Å². The fraction of sp³-hybridized carbons (Fsp3) is 0.800. The quantitative estimate of drug-likeness (QED) is 0.480. The molecule has 1 fully saturated rings. The largest absolute Gasteiger partial charge is 0.465 e. The predicted octanol–water partition coefficient (Wildman–Crippen LogP) is -0.0179. The van der Waals surface area contributed by atoms with Crippen molar-refractivity contribution in [2.75, 3.05) is 20.2 Å². The summed E-state index contributed by atoms with van der Waals surface area (Å²) >= 11 is 0. The number of rotatable bonds is 0. The Morgan fingerprint density at radius 2 is 2.62 bits per heavy atom. The number of amidine groups is 1. The summed E-state index contributed by atoms with van der Waals surface area (Å²) in [7, 11) is 1.72. The first kappa shape index (κ1) is 5.41. The SMILES string of the molecule is CN=C1NCCCO1. The van der Waals surface area contributed by atoms with E-state index in [1.54, 1.807) is 7.05 Å². The Hall–Kier alpha value is -0.730. The summed E-state index contributed by atoms with van der Waals surface area (Å²) in [5, 5.41) is 3.00. The van der Waals surface area contributed by atoms with E-state index in [1.165, 1.54) is 0 Å². The minimum Gasteiger partial charge on any atom is -0.465 e. The fourth-order valence-corrected chi connectivity index (χ4v) is 0.631. The lowest BCUT2D eigenvalue weighted by Crippen LogP contribution is -2.33. The second-order valence-electron chi connectivity index (χ2n) is 1.66. The van der Waals surface area contributed by atoms with Gasteiger partial charge in [0.05, 0.1) is 6.61 Å². The lowest BCUT2D eigenvalue weighted by molar-refractivity contribution is 0.256. The van der Waals surface area contributed by atoms with Crippen molar-refractivity contribution in [2.24, 2.45) is 4.99 Å². The van der Waals surface area contributed by atoms with E-state index in [2.05, 4.69) is 10.3 Å². The van der Waals surface area contributed by atoms with Crippen molar-refractivity contribution in [1.82, 2.24) is 5.32 Å². The summed E-state index contributed by atoms with van der Waals surface area (Å²) in [4.78, 5) is 3.83. The molecule has 0 saturated carbocycles. The second kappa shape index (κ2) is 2.55. The predicted molar refractivity (Wildman–Crippen MR) is 31.9 cm³/mol. The van der Waals surface area contributed by atoms with Gasteiger partial charge >= 0.3 is 0 Å². The topological polar surface area (TPSA) is 33.6 Å². The van der Waals surface area contributed by atoms with E-state index in [9.17, 15) is 0 Å². The molecule has 46 valence electrons. The maximum atomic E-state index is 5.07. The Morgan fingerprint density at radius 1 is 1.75 bits per heavy atom. The van der Waals surface area contributed by atoms with Crippen LogP contribution in [0, 0.1) is 0 Å².